The molecule has 7 nitrogen and oxygen atoms in total. The van der Waals surface area contributed by atoms with Crippen LogP contribution in [0.15, 0.2) is 54.6 Å². The second kappa shape index (κ2) is 9.96. The van der Waals surface area contributed by atoms with E-state index in [1.807, 2.05) is 30.3 Å². The van der Waals surface area contributed by atoms with Gasteiger partial charge in [0.25, 0.3) is 0 Å². The zero-order valence-corrected chi connectivity index (χ0v) is 18.4. The maximum absolute atomic E-state index is 12.9. The zero-order valence-electron chi connectivity index (χ0n) is 18.4. The number of aromatic nitrogens is 1. The molecule has 0 aliphatic heterocycles. The highest BCUT2D eigenvalue weighted by molar-refractivity contribution is 6.04. The van der Waals surface area contributed by atoms with Crippen molar-refractivity contribution in [3.63, 3.8) is 0 Å². The van der Waals surface area contributed by atoms with Crippen LogP contribution in [0.4, 0.5) is 0 Å². The van der Waals surface area contributed by atoms with Crippen LogP contribution in [0, 0.1) is 13.8 Å². The number of aryl methyl sites for hydroxylation is 1. The Morgan fingerprint density at radius 3 is 2.28 bits per heavy atom. The van der Waals surface area contributed by atoms with Gasteiger partial charge in [0.15, 0.2) is 6.10 Å². The average Bonchev–Trinajstić information content (AvgIpc) is 3.11. The van der Waals surface area contributed by atoms with Crippen LogP contribution in [0.3, 0.4) is 0 Å². The van der Waals surface area contributed by atoms with Crippen molar-refractivity contribution in [2.45, 2.75) is 33.5 Å². The maximum Gasteiger partial charge on any atom is 0.339 e. The molecule has 2 aromatic carbocycles. The van der Waals surface area contributed by atoms with Crippen molar-refractivity contribution in [1.29, 1.82) is 0 Å². The van der Waals surface area contributed by atoms with Crippen LogP contribution in [-0.2, 0) is 16.1 Å². The SMILES string of the molecule is COC(=O)c1c(C)[nH]c(C(=O)C(C)OC(=O)c2ccccc2COc2ccccc2)c1C. The first-order valence-electron chi connectivity index (χ1n) is 10.1. The lowest BCUT2D eigenvalue weighted by atomic mass is 10.1. The van der Waals surface area contributed by atoms with Gasteiger partial charge in [0.05, 0.1) is 23.9 Å². The highest BCUT2D eigenvalue weighted by Crippen LogP contribution is 2.22. The van der Waals surface area contributed by atoms with Gasteiger partial charge in [-0.15, -0.1) is 0 Å². The Labute approximate surface area is 186 Å². The third-order valence-electron chi connectivity index (χ3n) is 5.10. The molecule has 1 atom stereocenters. The summed E-state index contributed by atoms with van der Waals surface area (Å²) in [5, 5.41) is 0. The quantitative estimate of drug-likeness (QED) is 0.416. The van der Waals surface area contributed by atoms with E-state index in [0.29, 0.717) is 33.7 Å². The van der Waals surface area contributed by atoms with E-state index in [0.717, 1.165) is 0 Å². The lowest BCUT2D eigenvalue weighted by Gasteiger charge is -2.15. The molecule has 32 heavy (non-hydrogen) atoms. The number of rotatable bonds is 8. The predicted octanol–water partition coefficient (Wildman–Crippen LogP) is 4.43. The largest absolute Gasteiger partial charge is 0.489 e. The highest BCUT2D eigenvalue weighted by Gasteiger charge is 2.28. The summed E-state index contributed by atoms with van der Waals surface area (Å²) in [6.07, 6.45) is -1.06. The van der Waals surface area contributed by atoms with Gasteiger partial charge in [-0.1, -0.05) is 36.4 Å². The van der Waals surface area contributed by atoms with E-state index in [2.05, 4.69) is 4.98 Å². The predicted molar refractivity (Wildman–Crippen MR) is 118 cm³/mol. The Morgan fingerprint density at radius 1 is 0.938 bits per heavy atom. The van der Waals surface area contributed by atoms with Crippen LogP contribution < -0.4 is 4.74 Å². The molecule has 1 heterocycles. The Bertz CT molecular complexity index is 1130. The fraction of sp³-hybridized carbons (Fsp3) is 0.240. The first-order chi connectivity index (χ1) is 15.3. The molecule has 7 heteroatoms. The average molecular weight is 435 g/mol. The molecule has 0 fully saturated rings. The zero-order chi connectivity index (χ0) is 23.3. The van der Waals surface area contributed by atoms with E-state index in [1.54, 1.807) is 38.1 Å². The van der Waals surface area contributed by atoms with E-state index in [1.165, 1.54) is 14.0 Å². The van der Waals surface area contributed by atoms with Gasteiger partial charge in [0, 0.05) is 11.3 Å². The molecular formula is C25H25NO6. The van der Waals surface area contributed by atoms with Crippen LogP contribution in [0.5, 0.6) is 5.75 Å². The number of ketones is 1. The fourth-order valence-corrected chi connectivity index (χ4v) is 3.41. The number of aromatic amines is 1. The topological polar surface area (TPSA) is 94.7 Å². The summed E-state index contributed by atoms with van der Waals surface area (Å²) in [5.74, 6) is -0.926. The highest BCUT2D eigenvalue weighted by atomic mass is 16.5. The molecule has 0 amide bonds. The van der Waals surface area contributed by atoms with Gasteiger partial charge < -0.3 is 19.2 Å². The molecule has 0 bridgehead atoms. The molecule has 3 aromatic rings. The molecule has 1 unspecified atom stereocenters. The van der Waals surface area contributed by atoms with Crippen LogP contribution >= 0.6 is 0 Å². The summed E-state index contributed by atoms with van der Waals surface area (Å²) < 4.78 is 16.0. The Hall–Kier alpha value is -3.87. The minimum Gasteiger partial charge on any atom is -0.489 e. The van der Waals surface area contributed by atoms with Gasteiger partial charge >= 0.3 is 11.9 Å². The standard InChI is InChI=1S/C25H25NO6/c1-15-21(25(29)30-4)16(2)26-22(15)23(27)17(3)32-24(28)20-13-9-8-10-18(20)14-31-19-11-6-5-7-12-19/h5-13,17,26H,14H2,1-4H3. The number of carbonyl (C=O) groups excluding carboxylic acids is 3. The van der Waals surface area contributed by atoms with Gasteiger partial charge in [-0.25, -0.2) is 9.59 Å². The van der Waals surface area contributed by atoms with E-state index in [4.69, 9.17) is 14.2 Å². The summed E-state index contributed by atoms with van der Waals surface area (Å²) in [5.41, 5.74) is 2.44. The van der Waals surface area contributed by atoms with Crippen LogP contribution in [-0.4, -0.2) is 35.9 Å². The number of esters is 2. The molecule has 166 valence electrons. The number of para-hydroxylation sites is 1. The Balaban J connectivity index is 1.74. The lowest BCUT2D eigenvalue weighted by Crippen LogP contribution is -2.26. The molecule has 0 aliphatic carbocycles. The lowest BCUT2D eigenvalue weighted by molar-refractivity contribution is 0.0314. The molecule has 0 saturated carbocycles. The molecule has 0 aliphatic rings. The molecule has 1 aromatic heterocycles. The number of benzene rings is 2. The van der Waals surface area contributed by atoms with Gasteiger partial charge in [-0.3, -0.25) is 4.79 Å². The van der Waals surface area contributed by atoms with Crippen molar-refractivity contribution in [3.05, 3.63) is 88.2 Å². The van der Waals surface area contributed by atoms with Crippen LogP contribution in [0.1, 0.15) is 54.9 Å². The van der Waals surface area contributed by atoms with E-state index >= 15 is 0 Å². The number of carbonyl (C=O) groups is 3. The monoisotopic (exact) mass is 435 g/mol. The normalized spacial score (nSPS) is 11.5. The summed E-state index contributed by atoms with van der Waals surface area (Å²) in [6, 6.07) is 16.2. The Morgan fingerprint density at radius 2 is 1.59 bits per heavy atom. The summed E-state index contributed by atoms with van der Waals surface area (Å²) in [4.78, 5) is 40.6. The molecule has 0 radical (unpaired) electrons. The van der Waals surface area contributed by atoms with Crippen LogP contribution in [0.2, 0.25) is 0 Å². The second-order valence-electron chi connectivity index (χ2n) is 7.29. The molecular weight excluding hydrogens is 410 g/mol. The number of ether oxygens (including phenoxy) is 3. The van der Waals surface area contributed by atoms with Crippen molar-refractivity contribution < 1.29 is 28.6 Å². The van der Waals surface area contributed by atoms with Crippen molar-refractivity contribution in [3.8, 4) is 5.75 Å². The third kappa shape index (κ3) is 4.88. The smallest absolute Gasteiger partial charge is 0.339 e. The molecule has 1 N–H and O–H groups in total. The second-order valence-corrected chi connectivity index (χ2v) is 7.29. The minimum atomic E-state index is -1.06. The first kappa shape index (κ1) is 22.8. The fourth-order valence-electron chi connectivity index (χ4n) is 3.41. The van der Waals surface area contributed by atoms with Crippen molar-refractivity contribution in [2.24, 2.45) is 0 Å². The first-order valence-corrected chi connectivity index (χ1v) is 10.1. The minimum absolute atomic E-state index is 0.176. The van der Waals surface area contributed by atoms with Crippen molar-refractivity contribution in [1.82, 2.24) is 4.98 Å². The number of nitrogens with one attached hydrogen (secondary N) is 1. The van der Waals surface area contributed by atoms with Gasteiger partial charge in [-0.2, -0.15) is 0 Å². The number of hydrogen-bond acceptors (Lipinski definition) is 6. The number of H-pyrrole nitrogens is 1. The van der Waals surface area contributed by atoms with Crippen molar-refractivity contribution >= 4 is 17.7 Å². The summed E-state index contributed by atoms with van der Waals surface area (Å²) in [7, 11) is 1.28. The van der Waals surface area contributed by atoms with E-state index in [-0.39, 0.29) is 12.3 Å². The summed E-state index contributed by atoms with van der Waals surface area (Å²) >= 11 is 0. The molecule has 3 rings (SSSR count). The van der Waals surface area contributed by atoms with E-state index in [9.17, 15) is 14.4 Å². The van der Waals surface area contributed by atoms with Gasteiger partial charge in [0.2, 0.25) is 5.78 Å². The Kier molecular flexibility index (Phi) is 7.10. The molecule has 0 saturated heterocycles. The van der Waals surface area contributed by atoms with Crippen molar-refractivity contribution in [2.75, 3.05) is 7.11 Å². The third-order valence-corrected chi connectivity index (χ3v) is 5.10. The number of methoxy groups -OCH3 is 1. The van der Waals surface area contributed by atoms with Gasteiger partial charge in [-0.05, 0) is 44.5 Å². The number of hydrogen-bond donors (Lipinski definition) is 1. The van der Waals surface area contributed by atoms with E-state index < -0.39 is 23.8 Å². The molecule has 0 spiro atoms. The number of Topliss-reactive ketones (excluding diaryl/α,β-unsaturated/α-hetero) is 1. The van der Waals surface area contributed by atoms with Gasteiger partial charge in [0.1, 0.15) is 12.4 Å². The van der Waals surface area contributed by atoms with Crippen LogP contribution in [0.25, 0.3) is 0 Å². The summed E-state index contributed by atoms with van der Waals surface area (Å²) in [6.45, 7) is 5.00. The maximum atomic E-state index is 12.9.